The van der Waals surface area contributed by atoms with Crippen molar-refractivity contribution in [2.24, 2.45) is 0 Å². The molecule has 0 unspecified atom stereocenters. The first-order chi connectivity index (χ1) is 8.54. The summed E-state index contributed by atoms with van der Waals surface area (Å²) >= 11 is 6.19. The van der Waals surface area contributed by atoms with Gasteiger partial charge in [0.2, 0.25) is 0 Å². The van der Waals surface area contributed by atoms with E-state index < -0.39 is 0 Å². The quantitative estimate of drug-likeness (QED) is 0.895. The second-order valence-electron chi connectivity index (χ2n) is 4.14. The van der Waals surface area contributed by atoms with Crippen LogP contribution in [0.1, 0.15) is 18.2 Å². The van der Waals surface area contributed by atoms with Gasteiger partial charge < -0.3 is 10.5 Å². The Kier molecular flexibility index (Phi) is 3.48. The molecule has 0 spiro atoms. The maximum atomic E-state index is 6.19. The van der Waals surface area contributed by atoms with E-state index in [1.54, 1.807) is 0 Å². The standard InChI is InChI=1S/C13H16ClN3O/c1-4-18-11-5-7(2)9(6-10(11)14)13-12(15)8(3)16-17-13/h5-6H,4,15H2,1-3H3,(H,16,17). The number of aryl methyl sites for hydroxylation is 2. The van der Waals surface area contributed by atoms with E-state index in [0.717, 1.165) is 22.5 Å². The Labute approximate surface area is 111 Å². The van der Waals surface area contributed by atoms with Crippen LogP contribution in [0.15, 0.2) is 12.1 Å². The number of hydrogen-bond acceptors (Lipinski definition) is 3. The summed E-state index contributed by atoms with van der Waals surface area (Å²) in [5, 5.41) is 7.65. The highest BCUT2D eigenvalue weighted by Gasteiger charge is 2.14. The van der Waals surface area contributed by atoms with Gasteiger partial charge in [-0.3, -0.25) is 5.10 Å². The molecule has 0 aliphatic carbocycles. The van der Waals surface area contributed by atoms with E-state index in [1.807, 2.05) is 32.9 Å². The van der Waals surface area contributed by atoms with E-state index in [2.05, 4.69) is 10.2 Å². The number of nitrogens with one attached hydrogen (secondary N) is 1. The van der Waals surface area contributed by atoms with Gasteiger partial charge in [-0.25, -0.2) is 0 Å². The Bertz CT molecular complexity index is 578. The van der Waals surface area contributed by atoms with Crippen molar-refractivity contribution in [2.45, 2.75) is 20.8 Å². The summed E-state index contributed by atoms with van der Waals surface area (Å²) in [6.45, 7) is 6.38. The van der Waals surface area contributed by atoms with Crippen molar-refractivity contribution in [2.75, 3.05) is 12.3 Å². The Hall–Kier alpha value is -1.68. The minimum atomic E-state index is 0.567. The van der Waals surface area contributed by atoms with Crippen LogP contribution in [-0.4, -0.2) is 16.8 Å². The summed E-state index contributed by atoms with van der Waals surface area (Å²) in [4.78, 5) is 0. The lowest BCUT2D eigenvalue weighted by atomic mass is 10.0. The molecule has 0 aliphatic rings. The average Bonchev–Trinajstić information content (AvgIpc) is 2.65. The van der Waals surface area contributed by atoms with Crippen LogP contribution >= 0.6 is 11.6 Å². The lowest BCUT2D eigenvalue weighted by Gasteiger charge is -2.10. The monoisotopic (exact) mass is 265 g/mol. The third-order valence-corrected chi connectivity index (χ3v) is 3.12. The van der Waals surface area contributed by atoms with Crippen LogP contribution in [0.5, 0.6) is 5.75 Å². The van der Waals surface area contributed by atoms with Gasteiger partial charge in [0.15, 0.2) is 0 Å². The Morgan fingerprint density at radius 2 is 2.11 bits per heavy atom. The first-order valence-electron chi connectivity index (χ1n) is 5.78. The molecule has 0 saturated heterocycles. The molecule has 0 amide bonds. The minimum absolute atomic E-state index is 0.567. The van der Waals surface area contributed by atoms with Gasteiger partial charge in [0, 0.05) is 5.56 Å². The third kappa shape index (κ3) is 2.16. The molecule has 1 heterocycles. The highest BCUT2D eigenvalue weighted by Crippen LogP contribution is 2.35. The van der Waals surface area contributed by atoms with E-state index in [1.165, 1.54) is 0 Å². The molecule has 0 atom stereocenters. The lowest BCUT2D eigenvalue weighted by Crippen LogP contribution is -1.95. The number of hydrogen-bond donors (Lipinski definition) is 2. The molecule has 0 bridgehead atoms. The van der Waals surface area contributed by atoms with Gasteiger partial charge in [0.1, 0.15) is 11.4 Å². The molecule has 4 nitrogen and oxygen atoms in total. The van der Waals surface area contributed by atoms with E-state index in [0.29, 0.717) is 23.1 Å². The van der Waals surface area contributed by atoms with Crippen LogP contribution < -0.4 is 10.5 Å². The Balaban J connectivity index is 2.53. The van der Waals surface area contributed by atoms with E-state index in [-0.39, 0.29) is 0 Å². The van der Waals surface area contributed by atoms with Crippen LogP contribution in [-0.2, 0) is 0 Å². The van der Waals surface area contributed by atoms with Crippen molar-refractivity contribution in [3.8, 4) is 17.0 Å². The third-order valence-electron chi connectivity index (χ3n) is 2.83. The molecule has 18 heavy (non-hydrogen) atoms. The molecule has 1 aromatic heterocycles. The fraction of sp³-hybridized carbons (Fsp3) is 0.308. The number of halogens is 1. The maximum Gasteiger partial charge on any atom is 0.138 e. The zero-order valence-electron chi connectivity index (χ0n) is 10.7. The number of H-pyrrole nitrogens is 1. The van der Waals surface area contributed by atoms with Gasteiger partial charge in [-0.05, 0) is 38.5 Å². The second-order valence-corrected chi connectivity index (χ2v) is 4.55. The summed E-state index contributed by atoms with van der Waals surface area (Å²) in [5.41, 5.74) is 10.2. The summed E-state index contributed by atoms with van der Waals surface area (Å²) < 4.78 is 5.45. The number of aromatic amines is 1. The molecule has 0 saturated carbocycles. The van der Waals surface area contributed by atoms with E-state index >= 15 is 0 Å². The van der Waals surface area contributed by atoms with Crippen LogP contribution in [0.3, 0.4) is 0 Å². The number of aromatic nitrogens is 2. The largest absolute Gasteiger partial charge is 0.492 e. The first-order valence-corrected chi connectivity index (χ1v) is 6.16. The summed E-state index contributed by atoms with van der Waals surface area (Å²) in [6.07, 6.45) is 0. The molecule has 3 N–H and O–H groups in total. The number of nitrogen functional groups attached to an aromatic ring is 1. The Morgan fingerprint density at radius 3 is 2.67 bits per heavy atom. The predicted molar refractivity (Wildman–Crippen MR) is 74.1 cm³/mol. The van der Waals surface area contributed by atoms with E-state index in [9.17, 15) is 0 Å². The molecule has 1 aromatic carbocycles. The highest BCUT2D eigenvalue weighted by atomic mass is 35.5. The fourth-order valence-corrected chi connectivity index (χ4v) is 2.04. The zero-order chi connectivity index (χ0) is 13.3. The van der Waals surface area contributed by atoms with Crippen LogP contribution in [0.2, 0.25) is 5.02 Å². The fourth-order valence-electron chi connectivity index (χ4n) is 1.82. The Morgan fingerprint density at radius 1 is 1.39 bits per heavy atom. The molecule has 0 radical (unpaired) electrons. The van der Waals surface area contributed by atoms with Crippen LogP contribution in [0.4, 0.5) is 5.69 Å². The first kappa shape index (κ1) is 12.8. The number of ether oxygens (including phenoxy) is 1. The smallest absolute Gasteiger partial charge is 0.138 e. The topological polar surface area (TPSA) is 63.9 Å². The second kappa shape index (κ2) is 4.90. The summed E-state index contributed by atoms with van der Waals surface area (Å²) in [6, 6.07) is 3.75. The maximum absolute atomic E-state index is 6.19. The summed E-state index contributed by atoms with van der Waals surface area (Å²) in [7, 11) is 0. The average molecular weight is 266 g/mol. The van der Waals surface area contributed by atoms with E-state index in [4.69, 9.17) is 22.1 Å². The lowest BCUT2D eigenvalue weighted by molar-refractivity contribution is 0.340. The molecule has 96 valence electrons. The molecule has 2 aromatic rings. The molecule has 5 heteroatoms. The number of nitrogens with two attached hydrogens (primary N) is 1. The molecular formula is C13H16ClN3O. The highest BCUT2D eigenvalue weighted by molar-refractivity contribution is 6.32. The molecule has 2 rings (SSSR count). The van der Waals surface area contributed by atoms with Crippen molar-refractivity contribution in [1.29, 1.82) is 0 Å². The van der Waals surface area contributed by atoms with Crippen LogP contribution in [0.25, 0.3) is 11.3 Å². The van der Waals surface area contributed by atoms with Crippen LogP contribution in [0, 0.1) is 13.8 Å². The molecular weight excluding hydrogens is 250 g/mol. The SMILES string of the molecule is CCOc1cc(C)c(-c2n[nH]c(C)c2N)cc1Cl. The van der Waals surface area contributed by atoms with Crippen molar-refractivity contribution < 1.29 is 4.74 Å². The number of benzene rings is 1. The molecule has 0 fully saturated rings. The van der Waals surface area contributed by atoms with Gasteiger partial charge in [-0.2, -0.15) is 5.10 Å². The van der Waals surface area contributed by atoms with Gasteiger partial charge in [0.05, 0.1) is 23.0 Å². The summed E-state index contributed by atoms with van der Waals surface area (Å²) in [5.74, 6) is 0.686. The number of rotatable bonds is 3. The van der Waals surface area contributed by atoms with Crippen molar-refractivity contribution >= 4 is 17.3 Å². The van der Waals surface area contributed by atoms with Crippen molar-refractivity contribution in [1.82, 2.24) is 10.2 Å². The minimum Gasteiger partial charge on any atom is -0.492 e. The molecule has 0 aliphatic heterocycles. The van der Waals surface area contributed by atoms with Crippen molar-refractivity contribution in [3.63, 3.8) is 0 Å². The van der Waals surface area contributed by atoms with Gasteiger partial charge in [0.25, 0.3) is 0 Å². The van der Waals surface area contributed by atoms with Crippen molar-refractivity contribution in [3.05, 3.63) is 28.4 Å². The van der Waals surface area contributed by atoms with Gasteiger partial charge >= 0.3 is 0 Å². The number of nitrogens with zero attached hydrogens (tertiary/aromatic N) is 1. The number of anilines is 1. The van der Waals surface area contributed by atoms with Gasteiger partial charge in [-0.1, -0.05) is 11.6 Å². The normalized spacial score (nSPS) is 10.7. The predicted octanol–water partition coefficient (Wildman–Crippen LogP) is 3.33. The van der Waals surface area contributed by atoms with Gasteiger partial charge in [-0.15, -0.1) is 0 Å². The zero-order valence-corrected chi connectivity index (χ0v) is 11.4.